The number of carbonyl (C=O) groups is 2. The van der Waals surface area contributed by atoms with Crippen LogP contribution in [-0.4, -0.2) is 64.2 Å². The second-order valence-corrected chi connectivity index (χ2v) is 9.80. The van der Waals surface area contributed by atoms with Gasteiger partial charge in [0, 0.05) is 46.2 Å². The Labute approximate surface area is 192 Å². The summed E-state index contributed by atoms with van der Waals surface area (Å²) in [5.74, 6) is -0.728. The number of nitrogens with zero attached hydrogens (tertiary/aromatic N) is 4. The number of piperidine rings is 1. The molecule has 1 atom stereocenters. The Morgan fingerprint density at radius 3 is 2.48 bits per heavy atom. The molecule has 1 saturated carbocycles. The van der Waals surface area contributed by atoms with Crippen molar-refractivity contribution in [3.8, 4) is 0 Å². The summed E-state index contributed by atoms with van der Waals surface area (Å²) < 4.78 is 18.3. The molecule has 0 radical (unpaired) electrons. The van der Waals surface area contributed by atoms with E-state index in [1.165, 1.54) is 4.57 Å². The summed E-state index contributed by atoms with van der Waals surface area (Å²) >= 11 is 0. The molecule has 0 bridgehead atoms. The Balaban J connectivity index is 1.38. The van der Waals surface area contributed by atoms with Crippen LogP contribution in [-0.2, 0) is 16.6 Å². The van der Waals surface area contributed by atoms with Crippen LogP contribution in [0, 0.1) is 0 Å². The molecular weight excluding hydrogens is 425 g/mol. The molecule has 0 spiro atoms. The number of hydrogen-bond acceptors (Lipinski definition) is 5. The first-order chi connectivity index (χ1) is 15.9. The van der Waals surface area contributed by atoms with Gasteiger partial charge in [0.05, 0.1) is 16.7 Å². The van der Waals surface area contributed by atoms with Crippen molar-refractivity contribution in [3.63, 3.8) is 0 Å². The van der Waals surface area contributed by atoms with E-state index >= 15 is 4.39 Å². The number of imide groups is 1. The molecule has 178 valence electrons. The van der Waals surface area contributed by atoms with Crippen molar-refractivity contribution in [2.45, 2.75) is 56.7 Å². The van der Waals surface area contributed by atoms with Crippen molar-refractivity contribution in [1.29, 1.82) is 0 Å². The lowest BCUT2D eigenvalue weighted by atomic mass is 9.86. The number of carbonyl (C=O) groups excluding carboxylic acids is 2. The minimum Gasteiger partial charge on any atom is -0.367 e. The smallest absolute Gasteiger partial charge is 0.329 e. The molecule has 3 fully saturated rings. The molecule has 1 N–H and O–H groups in total. The summed E-state index contributed by atoms with van der Waals surface area (Å²) in [6.07, 6.45) is 4.98. The van der Waals surface area contributed by atoms with Crippen molar-refractivity contribution in [3.05, 3.63) is 28.7 Å². The molecule has 2 saturated heterocycles. The van der Waals surface area contributed by atoms with Crippen LogP contribution in [0.3, 0.4) is 0 Å². The maximum Gasteiger partial charge on any atom is 0.329 e. The van der Waals surface area contributed by atoms with Crippen LogP contribution >= 0.6 is 0 Å². The molecule has 8 nitrogen and oxygen atoms in total. The number of nitrogens with one attached hydrogen (secondary N) is 1. The van der Waals surface area contributed by atoms with Crippen molar-refractivity contribution < 1.29 is 14.0 Å². The fourth-order valence-corrected chi connectivity index (χ4v) is 5.79. The average molecular weight is 458 g/mol. The maximum atomic E-state index is 15.2. The lowest BCUT2D eigenvalue weighted by Gasteiger charge is -2.40. The quantitative estimate of drug-likeness (QED) is 0.712. The van der Waals surface area contributed by atoms with Crippen molar-refractivity contribution in [1.82, 2.24) is 19.4 Å². The number of aryl methyl sites for hydroxylation is 1. The molecule has 1 aliphatic carbocycles. The number of piperazine rings is 1. The van der Waals surface area contributed by atoms with Gasteiger partial charge in [-0.3, -0.25) is 28.9 Å². The highest BCUT2D eigenvalue weighted by Gasteiger charge is 2.35. The number of para-hydroxylation sites is 1. The van der Waals surface area contributed by atoms with Gasteiger partial charge in [0.15, 0.2) is 0 Å². The third-order valence-corrected chi connectivity index (χ3v) is 7.57. The molecule has 5 rings (SSSR count). The van der Waals surface area contributed by atoms with Crippen LogP contribution < -0.4 is 15.9 Å². The second-order valence-electron chi connectivity index (χ2n) is 9.80. The van der Waals surface area contributed by atoms with Gasteiger partial charge in [-0.25, -0.2) is 9.18 Å². The van der Waals surface area contributed by atoms with Gasteiger partial charge in [0.25, 0.3) is 0 Å². The van der Waals surface area contributed by atoms with E-state index in [9.17, 15) is 14.4 Å². The Bertz CT molecular complexity index is 1130. The average Bonchev–Trinajstić information content (AvgIpc) is 3.05. The lowest BCUT2D eigenvalue weighted by molar-refractivity contribution is -0.135. The van der Waals surface area contributed by atoms with Crippen LogP contribution in [0.5, 0.6) is 0 Å². The van der Waals surface area contributed by atoms with Crippen LogP contribution in [0.2, 0.25) is 0 Å². The van der Waals surface area contributed by atoms with Gasteiger partial charge in [-0.1, -0.05) is 25.3 Å². The van der Waals surface area contributed by atoms with Gasteiger partial charge in [0.1, 0.15) is 11.7 Å². The van der Waals surface area contributed by atoms with Crippen LogP contribution in [0.4, 0.5) is 10.1 Å². The molecule has 2 amide bonds. The zero-order valence-corrected chi connectivity index (χ0v) is 19.2. The predicted octanol–water partition coefficient (Wildman–Crippen LogP) is 2.11. The van der Waals surface area contributed by atoms with E-state index in [-0.39, 0.29) is 18.0 Å². The minimum atomic E-state index is -1.05. The SMILES string of the molecule is Cn1c(=O)n(C2CCC(=O)NC2=O)c2cccc(N3CCN(CC4(F)CCCCC4)CC3)c21. The normalized spacial score (nSPS) is 24.3. The summed E-state index contributed by atoms with van der Waals surface area (Å²) in [5.41, 5.74) is 1.12. The number of benzene rings is 1. The van der Waals surface area contributed by atoms with Gasteiger partial charge in [-0.2, -0.15) is 0 Å². The highest BCUT2D eigenvalue weighted by atomic mass is 19.1. The molecule has 3 aliphatic rings. The van der Waals surface area contributed by atoms with E-state index in [1.54, 1.807) is 11.6 Å². The molecule has 3 heterocycles. The fourth-order valence-electron chi connectivity index (χ4n) is 5.79. The number of imidazole rings is 1. The first-order valence-corrected chi connectivity index (χ1v) is 12.1. The third-order valence-electron chi connectivity index (χ3n) is 7.57. The monoisotopic (exact) mass is 457 g/mol. The van der Waals surface area contributed by atoms with Crippen molar-refractivity contribution in [2.24, 2.45) is 7.05 Å². The zero-order chi connectivity index (χ0) is 23.2. The van der Waals surface area contributed by atoms with Gasteiger partial charge in [0.2, 0.25) is 11.8 Å². The first-order valence-electron chi connectivity index (χ1n) is 12.1. The van der Waals surface area contributed by atoms with Crippen molar-refractivity contribution >= 4 is 28.5 Å². The summed E-state index contributed by atoms with van der Waals surface area (Å²) in [5, 5.41) is 2.35. The highest BCUT2D eigenvalue weighted by Crippen LogP contribution is 2.34. The van der Waals surface area contributed by atoms with Crippen LogP contribution in [0.15, 0.2) is 23.0 Å². The third kappa shape index (κ3) is 4.07. The number of hydrogen-bond donors (Lipinski definition) is 1. The highest BCUT2D eigenvalue weighted by molar-refractivity contribution is 6.00. The van der Waals surface area contributed by atoms with Crippen molar-refractivity contribution in [2.75, 3.05) is 37.6 Å². The first kappa shape index (κ1) is 22.1. The number of fused-ring (bicyclic) bond motifs is 1. The zero-order valence-electron chi connectivity index (χ0n) is 19.2. The van der Waals surface area contributed by atoms with Gasteiger partial charge in [-0.15, -0.1) is 0 Å². The molecule has 2 aliphatic heterocycles. The summed E-state index contributed by atoms with van der Waals surface area (Å²) in [6, 6.07) is 5.08. The minimum absolute atomic E-state index is 0.219. The molecule has 1 aromatic carbocycles. The summed E-state index contributed by atoms with van der Waals surface area (Å²) in [7, 11) is 1.72. The maximum absolute atomic E-state index is 15.2. The summed E-state index contributed by atoms with van der Waals surface area (Å²) in [6.45, 7) is 3.59. The fraction of sp³-hybridized carbons (Fsp3) is 0.625. The van der Waals surface area contributed by atoms with Gasteiger partial charge < -0.3 is 4.90 Å². The van der Waals surface area contributed by atoms with E-state index in [1.807, 2.05) is 18.2 Å². The molecule has 1 unspecified atom stereocenters. The summed E-state index contributed by atoms with van der Waals surface area (Å²) in [4.78, 5) is 41.7. The van der Waals surface area contributed by atoms with Gasteiger partial charge in [-0.05, 0) is 31.4 Å². The van der Waals surface area contributed by atoms with E-state index in [2.05, 4.69) is 15.1 Å². The number of halogens is 1. The largest absolute Gasteiger partial charge is 0.367 e. The topological polar surface area (TPSA) is 79.6 Å². The Hall–Kier alpha value is -2.68. The molecular formula is C24H32FN5O3. The second kappa shape index (κ2) is 8.59. The van der Waals surface area contributed by atoms with Crippen LogP contribution in [0.1, 0.15) is 51.0 Å². The van der Waals surface area contributed by atoms with Crippen LogP contribution in [0.25, 0.3) is 11.0 Å². The standard InChI is InChI=1S/C24H32FN5O3/c1-27-21-17(29-14-12-28(13-15-29)16-24(25)10-3-2-4-11-24)6-5-7-18(21)30(23(27)33)19-8-9-20(31)26-22(19)32/h5-7,19H,2-4,8-16H2,1H3,(H,26,31,32). The van der Waals surface area contributed by atoms with Gasteiger partial charge >= 0.3 is 5.69 Å². The Morgan fingerprint density at radius 1 is 1.06 bits per heavy atom. The Morgan fingerprint density at radius 2 is 1.79 bits per heavy atom. The predicted molar refractivity (Wildman–Crippen MR) is 124 cm³/mol. The van der Waals surface area contributed by atoms with E-state index < -0.39 is 17.6 Å². The van der Waals surface area contributed by atoms with E-state index in [0.717, 1.165) is 56.6 Å². The number of anilines is 1. The van der Waals surface area contributed by atoms with E-state index in [0.29, 0.717) is 31.3 Å². The molecule has 9 heteroatoms. The van der Waals surface area contributed by atoms with E-state index in [4.69, 9.17) is 0 Å². The lowest BCUT2D eigenvalue weighted by Crippen LogP contribution is -2.51. The number of alkyl halides is 1. The number of rotatable bonds is 4. The Kier molecular flexibility index (Phi) is 5.76. The molecule has 1 aromatic heterocycles. The molecule has 33 heavy (non-hydrogen) atoms. The number of aromatic nitrogens is 2. The molecule has 2 aromatic rings. The number of amides is 2.